The largest absolute Gasteiger partial charge is 0.468 e. The van der Waals surface area contributed by atoms with Gasteiger partial charge in [-0.15, -0.1) is 0 Å². The average Bonchev–Trinajstić information content (AvgIpc) is 3.04. The number of H-pyrrole nitrogens is 1. The van der Waals surface area contributed by atoms with E-state index in [1.807, 2.05) is 24.3 Å². The molecule has 6 heteroatoms. The minimum atomic E-state index is -1.51. The fourth-order valence-electron chi connectivity index (χ4n) is 3.14. The first-order chi connectivity index (χ1) is 11.6. The van der Waals surface area contributed by atoms with Gasteiger partial charge in [0.15, 0.2) is 5.41 Å². The lowest BCUT2D eigenvalue weighted by molar-refractivity contribution is -0.486. The SMILES string of the molecule is COC(=O)[C@@](C[N+](=O)[O-])(c1ccccc1)c1c[nH]c2ccccc12. The van der Waals surface area contributed by atoms with Crippen LogP contribution in [0.2, 0.25) is 0 Å². The molecule has 0 saturated carbocycles. The lowest BCUT2D eigenvalue weighted by Gasteiger charge is -2.27. The van der Waals surface area contributed by atoms with E-state index in [1.165, 1.54) is 7.11 Å². The smallest absolute Gasteiger partial charge is 0.327 e. The van der Waals surface area contributed by atoms with Crippen LogP contribution in [0.4, 0.5) is 0 Å². The number of para-hydroxylation sites is 1. The highest BCUT2D eigenvalue weighted by atomic mass is 16.6. The van der Waals surface area contributed by atoms with E-state index >= 15 is 0 Å². The van der Waals surface area contributed by atoms with Gasteiger partial charge in [0.2, 0.25) is 6.54 Å². The molecule has 0 saturated heterocycles. The Morgan fingerprint density at radius 2 is 1.83 bits per heavy atom. The molecule has 1 atom stereocenters. The number of aromatic amines is 1. The molecule has 0 aliphatic rings. The highest BCUT2D eigenvalue weighted by molar-refractivity contribution is 5.95. The first-order valence-electron chi connectivity index (χ1n) is 7.42. The molecular formula is C18H16N2O4. The van der Waals surface area contributed by atoms with Crippen LogP contribution in [-0.2, 0) is 14.9 Å². The summed E-state index contributed by atoms with van der Waals surface area (Å²) in [6.07, 6.45) is 1.65. The van der Waals surface area contributed by atoms with Gasteiger partial charge in [0.05, 0.1) is 7.11 Å². The van der Waals surface area contributed by atoms with E-state index in [9.17, 15) is 14.9 Å². The molecule has 122 valence electrons. The van der Waals surface area contributed by atoms with Crippen LogP contribution in [0.5, 0.6) is 0 Å². The van der Waals surface area contributed by atoms with Crippen molar-refractivity contribution in [3.05, 3.63) is 82.0 Å². The molecule has 0 radical (unpaired) electrons. The van der Waals surface area contributed by atoms with E-state index in [4.69, 9.17) is 4.74 Å². The van der Waals surface area contributed by atoms with Gasteiger partial charge in [0.1, 0.15) is 0 Å². The van der Waals surface area contributed by atoms with Crippen LogP contribution in [0.3, 0.4) is 0 Å². The molecule has 1 heterocycles. The van der Waals surface area contributed by atoms with Crippen LogP contribution in [0.15, 0.2) is 60.8 Å². The summed E-state index contributed by atoms with van der Waals surface area (Å²) in [5, 5.41) is 12.2. The number of nitro groups is 1. The highest BCUT2D eigenvalue weighted by Crippen LogP contribution is 2.38. The van der Waals surface area contributed by atoms with Gasteiger partial charge in [-0.2, -0.15) is 0 Å². The Morgan fingerprint density at radius 1 is 1.17 bits per heavy atom. The number of benzene rings is 2. The van der Waals surface area contributed by atoms with Crippen molar-refractivity contribution >= 4 is 16.9 Å². The summed E-state index contributed by atoms with van der Waals surface area (Å²) in [4.78, 5) is 26.8. The van der Waals surface area contributed by atoms with Crippen molar-refractivity contribution in [2.24, 2.45) is 0 Å². The number of methoxy groups -OCH3 is 1. The third kappa shape index (κ3) is 2.42. The van der Waals surface area contributed by atoms with Crippen LogP contribution in [0.25, 0.3) is 10.9 Å². The van der Waals surface area contributed by atoms with Crippen molar-refractivity contribution in [3.63, 3.8) is 0 Å². The summed E-state index contributed by atoms with van der Waals surface area (Å²) in [5.41, 5.74) is 0.352. The number of carbonyl (C=O) groups is 1. The first kappa shape index (κ1) is 15.7. The van der Waals surface area contributed by atoms with Crippen LogP contribution in [-0.4, -0.2) is 29.5 Å². The number of aromatic nitrogens is 1. The predicted molar refractivity (Wildman–Crippen MR) is 89.4 cm³/mol. The van der Waals surface area contributed by atoms with E-state index in [0.717, 1.165) is 10.9 Å². The minimum Gasteiger partial charge on any atom is -0.468 e. The maximum absolute atomic E-state index is 12.8. The van der Waals surface area contributed by atoms with Gasteiger partial charge < -0.3 is 9.72 Å². The summed E-state index contributed by atoms with van der Waals surface area (Å²) < 4.78 is 4.99. The molecule has 0 spiro atoms. The van der Waals surface area contributed by atoms with Gasteiger partial charge >= 0.3 is 5.97 Å². The molecule has 1 N–H and O–H groups in total. The summed E-state index contributed by atoms with van der Waals surface area (Å²) in [6, 6.07) is 16.1. The van der Waals surface area contributed by atoms with E-state index in [0.29, 0.717) is 11.1 Å². The molecule has 0 fully saturated rings. The molecule has 0 unspecified atom stereocenters. The van der Waals surface area contributed by atoms with E-state index in [1.54, 1.807) is 36.5 Å². The fourth-order valence-corrected chi connectivity index (χ4v) is 3.14. The lowest BCUT2D eigenvalue weighted by Crippen LogP contribution is -2.44. The molecule has 3 rings (SSSR count). The molecule has 0 amide bonds. The minimum absolute atomic E-state index is 0.480. The van der Waals surface area contributed by atoms with Crippen LogP contribution >= 0.6 is 0 Å². The molecule has 6 nitrogen and oxygen atoms in total. The van der Waals surface area contributed by atoms with E-state index in [-0.39, 0.29) is 0 Å². The summed E-state index contributed by atoms with van der Waals surface area (Å²) >= 11 is 0. The second-order valence-corrected chi connectivity index (χ2v) is 5.50. The van der Waals surface area contributed by atoms with Gasteiger partial charge in [-0.3, -0.25) is 14.9 Å². The van der Waals surface area contributed by atoms with Crippen LogP contribution < -0.4 is 0 Å². The standard InChI is InChI=1S/C18H16N2O4/c1-24-17(21)18(12-20(22)23,13-7-3-2-4-8-13)15-11-19-16-10-6-5-9-14(15)16/h2-11,19H,12H2,1H3/t18-/m0/s1. The highest BCUT2D eigenvalue weighted by Gasteiger charge is 2.49. The maximum atomic E-state index is 12.8. The van der Waals surface area contributed by atoms with Crippen LogP contribution in [0.1, 0.15) is 11.1 Å². The zero-order valence-corrected chi connectivity index (χ0v) is 13.1. The Balaban J connectivity index is 2.36. The topological polar surface area (TPSA) is 85.2 Å². The summed E-state index contributed by atoms with van der Waals surface area (Å²) in [7, 11) is 1.24. The van der Waals surface area contributed by atoms with Gasteiger partial charge in [-0.1, -0.05) is 48.5 Å². The third-order valence-corrected chi connectivity index (χ3v) is 4.22. The Bertz CT molecular complexity index is 888. The quantitative estimate of drug-likeness (QED) is 0.444. The van der Waals surface area contributed by atoms with Crippen molar-refractivity contribution in [2.45, 2.75) is 5.41 Å². The number of hydrogen-bond acceptors (Lipinski definition) is 4. The Labute approximate surface area is 138 Å². The number of carbonyl (C=O) groups excluding carboxylic acids is 1. The molecule has 0 aliphatic carbocycles. The molecule has 0 aliphatic heterocycles. The van der Waals surface area contributed by atoms with E-state index in [2.05, 4.69) is 4.98 Å². The Morgan fingerprint density at radius 3 is 2.50 bits per heavy atom. The van der Waals surface area contributed by atoms with Crippen molar-refractivity contribution in [1.29, 1.82) is 0 Å². The second-order valence-electron chi connectivity index (χ2n) is 5.50. The fraction of sp³-hybridized carbons (Fsp3) is 0.167. The normalized spacial score (nSPS) is 13.4. The van der Waals surface area contributed by atoms with Gasteiger partial charge in [-0.25, -0.2) is 0 Å². The van der Waals surface area contributed by atoms with Crippen LogP contribution in [0, 0.1) is 10.1 Å². The first-order valence-corrected chi connectivity index (χ1v) is 7.42. The van der Waals surface area contributed by atoms with Gasteiger partial charge in [0.25, 0.3) is 0 Å². The Hall–Kier alpha value is -3.15. The number of hydrogen-bond donors (Lipinski definition) is 1. The number of nitrogens with zero attached hydrogens (tertiary/aromatic N) is 1. The van der Waals surface area contributed by atoms with Crippen molar-refractivity contribution < 1.29 is 14.5 Å². The van der Waals surface area contributed by atoms with Crippen molar-refractivity contribution in [3.8, 4) is 0 Å². The molecule has 3 aromatic rings. The average molecular weight is 324 g/mol. The predicted octanol–water partition coefficient (Wildman–Crippen LogP) is 2.90. The number of ether oxygens (including phenoxy) is 1. The van der Waals surface area contributed by atoms with Crippen molar-refractivity contribution in [1.82, 2.24) is 4.98 Å². The monoisotopic (exact) mass is 324 g/mol. The number of esters is 1. The summed E-state index contributed by atoms with van der Waals surface area (Å²) in [6.45, 7) is -0.592. The molecule has 1 aromatic heterocycles. The maximum Gasteiger partial charge on any atom is 0.327 e. The third-order valence-electron chi connectivity index (χ3n) is 4.22. The zero-order chi connectivity index (χ0) is 17.2. The summed E-state index contributed by atoms with van der Waals surface area (Å²) in [5.74, 6) is -0.657. The lowest BCUT2D eigenvalue weighted by atomic mass is 9.74. The van der Waals surface area contributed by atoms with Gasteiger partial charge in [0, 0.05) is 27.6 Å². The second kappa shape index (κ2) is 6.16. The van der Waals surface area contributed by atoms with E-state index < -0.39 is 22.9 Å². The molecular weight excluding hydrogens is 308 g/mol. The number of nitrogens with one attached hydrogen (secondary N) is 1. The Kier molecular flexibility index (Phi) is 4.04. The zero-order valence-electron chi connectivity index (χ0n) is 13.1. The number of fused-ring (bicyclic) bond motifs is 1. The van der Waals surface area contributed by atoms with Crippen molar-refractivity contribution in [2.75, 3.05) is 13.7 Å². The molecule has 24 heavy (non-hydrogen) atoms. The number of rotatable bonds is 5. The molecule has 0 bridgehead atoms. The van der Waals surface area contributed by atoms with Gasteiger partial charge in [-0.05, 0) is 11.6 Å². The molecule has 2 aromatic carbocycles.